The average molecular weight is 255 g/mol. The number of ether oxygens (including phenoxy) is 1. The van der Waals surface area contributed by atoms with Crippen molar-refractivity contribution in [3.63, 3.8) is 0 Å². The van der Waals surface area contributed by atoms with Gasteiger partial charge in [-0.05, 0) is 31.9 Å². The van der Waals surface area contributed by atoms with Crippen molar-refractivity contribution in [2.45, 2.75) is 26.3 Å². The van der Waals surface area contributed by atoms with Gasteiger partial charge in [-0.3, -0.25) is 0 Å². The minimum absolute atomic E-state index is 0.0323. The van der Waals surface area contributed by atoms with Crippen LogP contribution in [0.3, 0.4) is 0 Å². The van der Waals surface area contributed by atoms with E-state index in [4.69, 9.17) is 4.74 Å². The Bertz CT molecular complexity index is 345. The van der Waals surface area contributed by atoms with E-state index in [2.05, 4.69) is 24.4 Å². The number of hydrogen-bond acceptors (Lipinski definition) is 4. The van der Waals surface area contributed by atoms with Crippen molar-refractivity contribution in [1.29, 1.82) is 0 Å². The Morgan fingerprint density at radius 1 is 1.41 bits per heavy atom. The van der Waals surface area contributed by atoms with Gasteiger partial charge in [-0.15, -0.1) is 11.3 Å². The summed E-state index contributed by atoms with van der Waals surface area (Å²) < 4.78 is 5.36. The highest BCUT2D eigenvalue weighted by Crippen LogP contribution is 2.29. The predicted molar refractivity (Wildman–Crippen MR) is 70.3 cm³/mol. The largest absolute Gasteiger partial charge is 0.396 e. The van der Waals surface area contributed by atoms with E-state index >= 15 is 0 Å². The van der Waals surface area contributed by atoms with Crippen molar-refractivity contribution in [2.75, 3.05) is 26.4 Å². The third kappa shape index (κ3) is 3.52. The van der Waals surface area contributed by atoms with E-state index in [9.17, 15) is 5.11 Å². The zero-order valence-corrected chi connectivity index (χ0v) is 11.2. The molecule has 0 radical (unpaired) electrons. The molecule has 96 valence electrons. The maximum absolute atomic E-state index is 9.55. The summed E-state index contributed by atoms with van der Waals surface area (Å²) in [6.45, 7) is 5.72. The molecule has 0 bridgehead atoms. The predicted octanol–water partition coefficient (Wildman–Crippen LogP) is 1.94. The number of aryl methyl sites for hydroxylation is 1. The first-order chi connectivity index (χ1) is 8.24. The lowest BCUT2D eigenvalue weighted by Crippen LogP contribution is -2.41. The van der Waals surface area contributed by atoms with Crippen LogP contribution in [0.4, 0.5) is 0 Å². The molecule has 1 aliphatic rings. The zero-order valence-electron chi connectivity index (χ0n) is 10.4. The fourth-order valence-electron chi connectivity index (χ4n) is 2.23. The van der Waals surface area contributed by atoms with E-state index in [1.165, 1.54) is 9.75 Å². The van der Waals surface area contributed by atoms with Crippen molar-refractivity contribution in [3.05, 3.63) is 21.9 Å². The molecule has 4 heteroatoms. The van der Waals surface area contributed by atoms with E-state index in [1.54, 1.807) is 0 Å². The standard InChI is InChI=1S/C13H21NO2S/c1-11-2-3-12(17-11)8-14-9-13(10-15)4-6-16-7-5-13/h2-3,14-15H,4-10H2,1H3. The van der Waals surface area contributed by atoms with E-state index in [1.807, 2.05) is 11.3 Å². The zero-order chi connectivity index (χ0) is 12.1. The Kier molecular flexibility index (Phi) is 4.56. The van der Waals surface area contributed by atoms with Crippen molar-refractivity contribution < 1.29 is 9.84 Å². The number of thiophene rings is 1. The molecule has 0 atom stereocenters. The molecule has 2 heterocycles. The lowest BCUT2D eigenvalue weighted by molar-refractivity contribution is -0.0153. The Morgan fingerprint density at radius 2 is 2.18 bits per heavy atom. The number of hydrogen-bond donors (Lipinski definition) is 2. The number of aliphatic hydroxyl groups is 1. The van der Waals surface area contributed by atoms with Gasteiger partial charge in [0.1, 0.15) is 0 Å². The first-order valence-electron chi connectivity index (χ1n) is 6.19. The number of nitrogens with one attached hydrogen (secondary N) is 1. The summed E-state index contributed by atoms with van der Waals surface area (Å²) in [5.74, 6) is 0. The van der Waals surface area contributed by atoms with Gasteiger partial charge in [-0.25, -0.2) is 0 Å². The molecule has 0 saturated carbocycles. The maximum atomic E-state index is 9.55. The maximum Gasteiger partial charge on any atom is 0.0501 e. The molecular formula is C13H21NO2S. The summed E-state index contributed by atoms with van der Waals surface area (Å²) in [4.78, 5) is 2.72. The van der Waals surface area contributed by atoms with Gasteiger partial charge < -0.3 is 15.2 Å². The van der Waals surface area contributed by atoms with E-state index in [-0.39, 0.29) is 12.0 Å². The second kappa shape index (κ2) is 5.96. The fraction of sp³-hybridized carbons (Fsp3) is 0.692. The van der Waals surface area contributed by atoms with Crippen molar-refractivity contribution in [3.8, 4) is 0 Å². The second-order valence-electron chi connectivity index (χ2n) is 4.89. The van der Waals surface area contributed by atoms with Gasteiger partial charge in [0.25, 0.3) is 0 Å². The van der Waals surface area contributed by atoms with Gasteiger partial charge in [-0.2, -0.15) is 0 Å². The lowest BCUT2D eigenvalue weighted by atomic mass is 9.81. The SMILES string of the molecule is Cc1ccc(CNCC2(CO)CCOCC2)s1. The molecule has 1 aliphatic heterocycles. The summed E-state index contributed by atoms with van der Waals surface area (Å²) in [6.07, 6.45) is 1.92. The topological polar surface area (TPSA) is 41.5 Å². The Balaban J connectivity index is 1.79. The first-order valence-corrected chi connectivity index (χ1v) is 7.00. The van der Waals surface area contributed by atoms with Crippen LogP contribution in [0, 0.1) is 12.3 Å². The average Bonchev–Trinajstić information content (AvgIpc) is 2.76. The first kappa shape index (κ1) is 13.0. The molecule has 1 saturated heterocycles. The van der Waals surface area contributed by atoms with Crippen LogP contribution in [0.25, 0.3) is 0 Å². The van der Waals surface area contributed by atoms with Crippen LogP contribution in [0.5, 0.6) is 0 Å². The van der Waals surface area contributed by atoms with E-state index in [0.29, 0.717) is 0 Å². The fourth-order valence-corrected chi connectivity index (χ4v) is 3.09. The molecule has 0 aliphatic carbocycles. The molecule has 2 N–H and O–H groups in total. The van der Waals surface area contributed by atoms with Gasteiger partial charge in [0.05, 0.1) is 6.61 Å². The van der Waals surface area contributed by atoms with Gasteiger partial charge in [0, 0.05) is 41.5 Å². The summed E-state index contributed by atoms with van der Waals surface area (Å²) in [5, 5.41) is 13.0. The highest BCUT2D eigenvalue weighted by atomic mass is 32.1. The molecule has 17 heavy (non-hydrogen) atoms. The molecule has 0 aromatic carbocycles. The summed E-state index contributed by atoms with van der Waals surface area (Å²) in [7, 11) is 0. The van der Waals surface area contributed by atoms with Crippen LogP contribution in [0.15, 0.2) is 12.1 Å². The van der Waals surface area contributed by atoms with Gasteiger partial charge >= 0.3 is 0 Å². The molecule has 3 nitrogen and oxygen atoms in total. The van der Waals surface area contributed by atoms with Crippen LogP contribution < -0.4 is 5.32 Å². The molecule has 0 spiro atoms. The van der Waals surface area contributed by atoms with E-state index in [0.717, 1.165) is 39.1 Å². The number of aliphatic hydroxyl groups excluding tert-OH is 1. The lowest BCUT2D eigenvalue weighted by Gasteiger charge is -2.35. The van der Waals surface area contributed by atoms with Crippen LogP contribution >= 0.6 is 11.3 Å². The van der Waals surface area contributed by atoms with E-state index < -0.39 is 0 Å². The highest BCUT2D eigenvalue weighted by molar-refractivity contribution is 7.11. The smallest absolute Gasteiger partial charge is 0.0501 e. The molecule has 1 aromatic rings. The second-order valence-corrected chi connectivity index (χ2v) is 6.26. The molecule has 0 unspecified atom stereocenters. The van der Waals surface area contributed by atoms with Crippen LogP contribution in [-0.4, -0.2) is 31.5 Å². The monoisotopic (exact) mass is 255 g/mol. The number of rotatable bonds is 5. The van der Waals surface area contributed by atoms with Crippen molar-refractivity contribution in [1.82, 2.24) is 5.32 Å². The van der Waals surface area contributed by atoms with Crippen LogP contribution in [0.1, 0.15) is 22.6 Å². The van der Waals surface area contributed by atoms with Gasteiger partial charge in [0.15, 0.2) is 0 Å². The third-order valence-electron chi connectivity index (χ3n) is 3.48. The molecule has 2 rings (SSSR count). The molecular weight excluding hydrogens is 234 g/mol. The van der Waals surface area contributed by atoms with Crippen LogP contribution in [-0.2, 0) is 11.3 Å². The Labute approximate surface area is 107 Å². The summed E-state index contributed by atoms with van der Waals surface area (Å²) in [5.41, 5.74) is 0.0323. The Hall–Kier alpha value is -0.420. The minimum atomic E-state index is 0.0323. The normalized spacial score (nSPS) is 19.4. The quantitative estimate of drug-likeness (QED) is 0.845. The molecule has 0 amide bonds. The Morgan fingerprint density at radius 3 is 2.76 bits per heavy atom. The highest BCUT2D eigenvalue weighted by Gasteiger charge is 2.31. The van der Waals surface area contributed by atoms with Crippen molar-refractivity contribution >= 4 is 11.3 Å². The van der Waals surface area contributed by atoms with Gasteiger partial charge in [-0.1, -0.05) is 0 Å². The molecule has 1 fully saturated rings. The third-order valence-corrected chi connectivity index (χ3v) is 4.48. The van der Waals surface area contributed by atoms with Gasteiger partial charge in [0.2, 0.25) is 0 Å². The molecule has 1 aromatic heterocycles. The van der Waals surface area contributed by atoms with Crippen molar-refractivity contribution in [2.24, 2.45) is 5.41 Å². The minimum Gasteiger partial charge on any atom is -0.396 e. The summed E-state index contributed by atoms with van der Waals surface area (Å²) in [6, 6.07) is 4.32. The summed E-state index contributed by atoms with van der Waals surface area (Å²) >= 11 is 1.83. The van der Waals surface area contributed by atoms with Crippen LogP contribution in [0.2, 0.25) is 0 Å².